The molecule has 20 heavy (non-hydrogen) atoms. The Morgan fingerprint density at radius 1 is 1.55 bits per heavy atom. The number of anilines is 2. The van der Waals surface area contributed by atoms with E-state index in [9.17, 15) is 14.9 Å². The number of nitrogens with two attached hydrogens (primary N) is 1. The highest BCUT2D eigenvalue weighted by Gasteiger charge is 2.25. The molecule has 0 aliphatic rings. The van der Waals surface area contributed by atoms with Crippen LogP contribution in [-0.4, -0.2) is 33.5 Å². The molecule has 10 heteroatoms. The Morgan fingerprint density at radius 2 is 2.20 bits per heavy atom. The van der Waals surface area contributed by atoms with Crippen LogP contribution in [0.15, 0.2) is 0 Å². The van der Waals surface area contributed by atoms with E-state index in [4.69, 9.17) is 10.6 Å². The van der Waals surface area contributed by atoms with Crippen LogP contribution in [-0.2, 0) is 9.53 Å². The number of nitrogen functional groups attached to an aromatic ring is 1. The van der Waals surface area contributed by atoms with Crippen LogP contribution < -0.4 is 16.6 Å². The first-order valence-electron chi connectivity index (χ1n) is 5.83. The van der Waals surface area contributed by atoms with Crippen LogP contribution in [0.5, 0.6) is 0 Å². The molecule has 1 heterocycles. The molecule has 0 aliphatic heterocycles. The van der Waals surface area contributed by atoms with Gasteiger partial charge in [0, 0.05) is 0 Å². The Labute approximate surface area is 114 Å². The maximum atomic E-state index is 11.5. The number of hydrazine groups is 1. The minimum atomic E-state index is -0.798. The van der Waals surface area contributed by atoms with Crippen LogP contribution in [0.2, 0.25) is 0 Å². The Morgan fingerprint density at radius 3 is 2.70 bits per heavy atom. The zero-order valence-corrected chi connectivity index (χ0v) is 11.3. The first-order chi connectivity index (χ1) is 9.40. The van der Waals surface area contributed by atoms with Gasteiger partial charge in [0.05, 0.1) is 11.5 Å². The number of carbonyl (C=O) groups is 1. The lowest BCUT2D eigenvalue weighted by molar-refractivity contribution is -0.385. The summed E-state index contributed by atoms with van der Waals surface area (Å²) in [5.74, 6) is 4.55. The topological polar surface area (TPSA) is 145 Å². The molecule has 0 aliphatic carbocycles. The third kappa shape index (κ3) is 3.51. The molecule has 1 aromatic rings. The number of nitrogens with zero attached hydrogens (tertiary/aromatic N) is 3. The average Bonchev–Trinajstić information content (AvgIpc) is 2.37. The van der Waals surface area contributed by atoms with E-state index in [0.29, 0.717) is 0 Å². The molecule has 0 spiro atoms. The Balaban J connectivity index is 3.11. The van der Waals surface area contributed by atoms with Crippen molar-refractivity contribution in [2.75, 3.05) is 17.3 Å². The number of hydrogen-bond acceptors (Lipinski definition) is 9. The predicted octanol–water partition coefficient (Wildman–Crippen LogP) is 0.342. The van der Waals surface area contributed by atoms with Gasteiger partial charge in [0.15, 0.2) is 0 Å². The van der Waals surface area contributed by atoms with E-state index in [0.717, 1.165) is 0 Å². The molecule has 1 unspecified atom stereocenters. The minimum absolute atomic E-state index is 0.00617. The smallest absolute Gasteiger partial charge is 0.332 e. The summed E-state index contributed by atoms with van der Waals surface area (Å²) in [7, 11) is 0. The number of ether oxygens (including phenoxy) is 1. The number of hydrogen-bond donors (Lipinski definition) is 3. The highest BCUT2D eigenvalue weighted by molar-refractivity contribution is 5.79. The SMILES string of the molecule is CCOC(=O)C(C)Nc1nc(NN)nc(C)c1[N+](=O)[O-]. The van der Waals surface area contributed by atoms with Crippen molar-refractivity contribution in [1.82, 2.24) is 9.97 Å². The Bertz CT molecular complexity index is 521. The summed E-state index contributed by atoms with van der Waals surface area (Å²) in [6.45, 7) is 4.83. The van der Waals surface area contributed by atoms with Gasteiger partial charge in [0.2, 0.25) is 11.8 Å². The van der Waals surface area contributed by atoms with Crippen LogP contribution in [0.25, 0.3) is 0 Å². The number of nitro groups is 1. The maximum absolute atomic E-state index is 11.5. The van der Waals surface area contributed by atoms with Crippen LogP contribution in [0.1, 0.15) is 19.5 Å². The van der Waals surface area contributed by atoms with Crippen molar-refractivity contribution < 1.29 is 14.5 Å². The predicted molar refractivity (Wildman–Crippen MR) is 71.0 cm³/mol. The molecule has 1 rings (SSSR count). The fourth-order valence-electron chi connectivity index (χ4n) is 1.48. The van der Waals surface area contributed by atoms with E-state index in [1.165, 1.54) is 13.8 Å². The van der Waals surface area contributed by atoms with Gasteiger partial charge in [-0.1, -0.05) is 0 Å². The zero-order valence-electron chi connectivity index (χ0n) is 11.3. The first kappa shape index (κ1) is 15.6. The van der Waals surface area contributed by atoms with Gasteiger partial charge in [-0.2, -0.15) is 4.98 Å². The number of esters is 1. The van der Waals surface area contributed by atoms with Gasteiger partial charge in [0.25, 0.3) is 0 Å². The zero-order chi connectivity index (χ0) is 15.3. The molecule has 10 nitrogen and oxygen atoms in total. The fraction of sp³-hybridized carbons (Fsp3) is 0.500. The van der Waals surface area contributed by atoms with Gasteiger partial charge in [-0.25, -0.2) is 15.6 Å². The van der Waals surface area contributed by atoms with Crippen molar-refractivity contribution in [3.8, 4) is 0 Å². The van der Waals surface area contributed by atoms with Crippen molar-refractivity contribution >= 4 is 23.4 Å². The molecule has 110 valence electrons. The quantitative estimate of drug-likeness (QED) is 0.291. The monoisotopic (exact) mass is 284 g/mol. The van der Waals surface area contributed by atoms with E-state index in [-0.39, 0.29) is 29.8 Å². The number of aryl methyl sites for hydroxylation is 1. The van der Waals surface area contributed by atoms with Crippen molar-refractivity contribution in [1.29, 1.82) is 0 Å². The summed E-state index contributed by atoms with van der Waals surface area (Å²) in [5.41, 5.74) is 2.00. The van der Waals surface area contributed by atoms with Gasteiger partial charge in [0.1, 0.15) is 11.7 Å². The van der Waals surface area contributed by atoms with E-state index in [1.54, 1.807) is 6.92 Å². The minimum Gasteiger partial charge on any atom is -0.464 e. The van der Waals surface area contributed by atoms with Gasteiger partial charge in [-0.3, -0.25) is 15.5 Å². The molecule has 4 N–H and O–H groups in total. The van der Waals surface area contributed by atoms with Crippen molar-refractivity contribution in [2.24, 2.45) is 5.84 Å². The van der Waals surface area contributed by atoms with Crippen LogP contribution >= 0.6 is 0 Å². The lowest BCUT2D eigenvalue weighted by Crippen LogP contribution is -2.29. The molecule has 0 fully saturated rings. The van der Waals surface area contributed by atoms with Crippen molar-refractivity contribution in [3.05, 3.63) is 15.8 Å². The summed E-state index contributed by atoms with van der Waals surface area (Å²) in [6, 6.07) is -0.798. The van der Waals surface area contributed by atoms with Gasteiger partial charge >= 0.3 is 11.7 Å². The summed E-state index contributed by atoms with van der Waals surface area (Å²) >= 11 is 0. The first-order valence-corrected chi connectivity index (χ1v) is 5.83. The highest BCUT2D eigenvalue weighted by atomic mass is 16.6. The molecule has 0 bridgehead atoms. The van der Waals surface area contributed by atoms with Gasteiger partial charge in [-0.05, 0) is 20.8 Å². The summed E-state index contributed by atoms with van der Waals surface area (Å²) < 4.78 is 4.81. The second kappa shape index (κ2) is 6.61. The molecular formula is C10H16N6O4. The summed E-state index contributed by atoms with van der Waals surface area (Å²) in [6.07, 6.45) is 0. The molecule has 0 saturated carbocycles. The molecule has 0 aromatic carbocycles. The standard InChI is InChI=1S/C10H16N6O4/c1-4-20-9(17)6(3)12-8-7(16(18)19)5(2)13-10(14-8)15-11/h6H,4,11H2,1-3H3,(H2,12,13,14,15). The second-order valence-corrected chi connectivity index (χ2v) is 3.85. The van der Waals surface area contributed by atoms with Gasteiger partial charge < -0.3 is 10.1 Å². The third-order valence-corrected chi connectivity index (χ3v) is 2.36. The molecule has 0 radical (unpaired) electrons. The van der Waals surface area contributed by atoms with E-state index in [2.05, 4.69) is 20.7 Å². The number of rotatable bonds is 6. The number of carbonyl (C=O) groups excluding carboxylic acids is 1. The number of aromatic nitrogens is 2. The van der Waals surface area contributed by atoms with Crippen molar-refractivity contribution in [3.63, 3.8) is 0 Å². The average molecular weight is 284 g/mol. The van der Waals surface area contributed by atoms with Crippen molar-refractivity contribution in [2.45, 2.75) is 26.8 Å². The normalized spacial score (nSPS) is 11.6. The molecule has 1 aromatic heterocycles. The Kier molecular flexibility index (Phi) is 5.15. The maximum Gasteiger partial charge on any atom is 0.332 e. The van der Waals surface area contributed by atoms with Crippen LogP contribution in [0.3, 0.4) is 0 Å². The number of nitrogens with one attached hydrogen (secondary N) is 2. The van der Waals surface area contributed by atoms with E-state index in [1.807, 2.05) is 0 Å². The lowest BCUT2D eigenvalue weighted by Gasteiger charge is -2.14. The van der Waals surface area contributed by atoms with E-state index >= 15 is 0 Å². The van der Waals surface area contributed by atoms with E-state index < -0.39 is 16.9 Å². The fourth-order valence-corrected chi connectivity index (χ4v) is 1.48. The summed E-state index contributed by atoms with van der Waals surface area (Å²) in [5, 5.41) is 13.7. The Hall–Kier alpha value is -2.49. The largest absolute Gasteiger partial charge is 0.464 e. The molecular weight excluding hydrogens is 268 g/mol. The van der Waals surface area contributed by atoms with Gasteiger partial charge in [-0.15, -0.1) is 0 Å². The molecule has 0 amide bonds. The summed E-state index contributed by atoms with van der Waals surface area (Å²) in [4.78, 5) is 29.6. The molecule has 1 atom stereocenters. The molecule has 0 saturated heterocycles. The lowest BCUT2D eigenvalue weighted by atomic mass is 10.3. The van der Waals surface area contributed by atoms with Crippen LogP contribution in [0, 0.1) is 17.0 Å². The third-order valence-electron chi connectivity index (χ3n) is 2.36. The second-order valence-electron chi connectivity index (χ2n) is 3.85. The highest BCUT2D eigenvalue weighted by Crippen LogP contribution is 2.26. The van der Waals surface area contributed by atoms with Crippen LogP contribution in [0.4, 0.5) is 17.5 Å².